The van der Waals surface area contributed by atoms with Crippen molar-refractivity contribution in [3.63, 3.8) is 0 Å². The van der Waals surface area contributed by atoms with Crippen molar-refractivity contribution in [2.45, 2.75) is 73.0 Å². The molecule has 2 atom stereocenters. The Morgan fingerprint density at radius 3 is 2.31 bits per heavy atom. The Morgan fingerprint density at radius 2 is 1.64 bits per heavy atom. The van der Waals surface area contributed by atoms with E-state index in [9.17, 15) is 14.5 Å². The molecule has 0 bridgehead atoms. The Bertz CT molecular complexity index is 1460. The van der Waals surface area contributed by atoms with Crippen molar-refractivity contribution in [2.75, 3.05) is 13.1 Å². The molecule has 0 spiro atoms. The highest BCUT2D eigenvalue weighted by Crippen LogP contribution is 2.46. The van der Waals surface area contributed by atoms with E-state index in [2.05, 4.69) is 18.9 Å². The second kappa shape index (κ2) is 13.1. The van der Waals surface area contributed by atoms with Gasteiger partial charge in [-0.2, -0.15) is 0 Å². The number of phenolic OH excluding ortho intramolecular Hbond substituents is 1. The third-order valence-electron chi connectivity index (χ3n) is 6.86. The molecular weight excluding hydrogens is 557 g/mol. The summed E-state index contributed by atoms with van der Waals surface area (Å²) >= 11 is 0. The smallest absolute Gasteiger partial charge is 0.354 e. The van der Waals surface area contributed by atoms with Crippen molar-refractivity contribution in [1.29, 1.82) is 0 Å². The predicted molar refractivity (Wildman–Crippen MR) is 161 cm³/mol. The standard InChI is InChI=1S/C32H40NO8P/c1-19(2)27-14-24(8-10-29(27)34)15-28-21(5)12-26(13-22(28)6)39-18-42(36,33-23(7)32(35)40-20(3)4)41-25-9-11-30-31(16-25)38-17-37-30/h8-14,16,19-20,23,34H,15,17-18H2,1-7H3,(H,33,36)/t23-,42?/m1/s1. The molecule has 0 aromatic heterocycles. The number of esters is 1. The molecule has 0 aliphatic carbocycles. The summed E-state index contributed by atoms with van der Waals surface area (Å²) in [5.74, 6) is 1.81. The quantitative estimate of drug-likeness (QED) is 0.168. The fraction of sp³-hybridized carbons (Fsp3) is 0.406. The van der Waals surface area contributed by atoms with Gasteiger partial charge in [-0.1, -0.05) is 26.0 Å². The van der Waals surface area contributed by atoms with Crippen LogP contribution in [0.4, 0.5) is 0 Å². The van der Waals surface area contributed by atoms with E-state index in [1.54, 1.807) is 45.0 Å². The minimum absolute atomic E-state index is 0.0935. The van der Waals surface area contributed by atoms with Gasteiger partial charge in [0.05, 0.1) is 6.10 Å². The van der Waals surface area contributed by atoms with Gasteiger partial charge in [-0.3, -0.25) is 9.36 Å². The highest BCUT2D eigenvalue weighted by atomic mass is 31.2. The van der Waals surface area contributed by atoms with E-state index in [0.717, 1.165) is 27.8 Å². The van der Waals surface area contributed by atoms with Crippen LogP contribution in [-0.4, -0.2) is 36.4 Å². The summed E-state index contributed by atoms with van der Waals surface area (Å²) in [6.07, 6.45) is 0.0326. The van der Waals surface area contributed by atoms with E-state index in [1.165, 1.54) is 0 Å². The van der Waals surface area contributed by atoms with E-state index in [0.29, 0.717) is 29.4 Å². The summed E-state index contributed by atoms with van der Waals surface area (Å²) in [5.41, 5.74) is 5.19. The van der Waals surface area contributed by atoms with Gasteiger partial charge in [0.2, 0.25) is 6.79 Å². The fourth-order valence-electron chi connectivity index (χ4n) is 4.73. The summed E-state index contributed by atoms with van der Waals surface area (Å²) in [6.45, 7) is 13.3. The van der Waals surface area contributed by atoms with Crippen LogP contribution in [0.25, 0.3) is 0 Å². The van der Waals surface area contributed by atoms with Crippen LogP contribution in [0.5, 0.6) is 28.7 Å². The molecule has 4 rings (SSSR count). The Hall–Kier alpha value is -3.68. The van der Waals surface area contributed by atoms with Crippen LogP contribution in [0, 0.1) is 13.8 Å². The number of phenols is 1. The second-order valence-corrected chi connectivity index (χ2v) is 13.2. The highest BCUT2D eigenvalue weighted by Gasteiger charge is 2.32. The minimum atomic E-state index is -3.79. The molecule has 0 radical (unpaired) electrons. The molecule has 226 valence electrons. The number of carbonyl (C=O) groups is 1. The summed E-state index contributed by atoms with van der Waals surface area (Å²) in [4.78, 5) is 12.5. The number of fused-ring (bicyclic) bond motifs is 1. The predicted octanol–water partition coefficient (Wildman–Crippen LogP) is 6.99. The van der Waals surface area contributed by atoms with Crippen molar-refractivity contribution in [3.05, 3.63) is 76.3 Å². The van der Waals surface area contributed by atoms with Crippen LogP contribution in [-0.2, 0) is 20.5 Å². The third kappa shape index (κ3) is 7.78. The Morgan fingerprint density at radius 1 is 0.952 bits per heavy atom. The summed E-state index contributed by atoms with van der Waals surface area (Å²) < 4.78 is 42.1. The summed E-state index contributed by atoms with van der Waals surface area (Å²) in [6, 6.07) is 13.5. The summed E-state index contributed by atoms with van der Waals surface area (Å²) in [7, 11) is -3.79. The molecule has 0 amide bonds. The third-order valence-corrected chi connectivity index (χ3v) is 8.61. The minimum Gasteiger partial charge on any atom is -0.508 e. The molecule has 3 aromatic carbocycles. The zero-order chi connectivity index (χ0) is 30.6. The highest BCUT2D eigenvalue weighted by molar-refractivity contribution is 7.57. The Balaban J connectivity index is 1.53. The summed E-state index contributed by atoms with van der Waals surface area (Å²) in [5, 5.41) is 13.0. The van der Waals surface area contributed by atoms with Crippen LogP contribution in [0.3, 0.4) is 0 Å². The first-order valence-electron chi connectivity index (χ1n) is 14.0. The molecule has 0 fully saturated rings. The first-order chi connectivity index (χ1) is 19.8. The van der Waals surface area contributed by atoms with Crippen molar-refractivity contribution in [3.8, 4) is 28.7 Å². The molecule has 3 aromatic rings. The van der Waals surface area contributed by atoms with Gasteiger partial charge in [0.25, 0.3) is 0 Å². The molecule has 1 heterocycles. The molecule has 0 saturated carbocycles. The lowest BCUT2D eigenvalue weighted by Crippen LogP contribution is -2.36. The van der Waals surface area contributed by atoms with E-state index in [4.69, 9.17) is 23.5 Å². The monoisotopic (exact) mass is 597 g/mol. The number of aryl methyl sites for hydroxylation is 2. The normalized spacial score (nSPS) is 14.5. The van der Waals surface area contributed by atoms with E-state index in [1.807, 2.05) is 38.1 Å². The van der Waals surface area contributed by atoms with Crippen molar-refractivity contribution in [2.24, 2.45) is 0 Å². The lowest BCUT2D eigenvalue weighted by atomic mass is 9.93. The Kier molecular flexibility index (Phi) is 9.74. The number of carbonyl (C=O) groups excluding carboxylic acids is 1. The van der Waals surface area contributed by atoms with Crippen LogP contribution in [0.2, 0.25) is 0 Å². The average Bonchev–Trinajstić information content (AvgIpc) is 3.38. The van der Waals surface area contributed by atoms with Crippen LogP contribution < -0.4 is 23.8 Å². The fourth-order valence-corrected chi connectivity index (χ4v) is 6.38. The maximum atomic E-state index is 14.1. The molecular formula is C32H40NO8P. The van der Waals surface area contributed by atoms with Gasteiger partial charge >= 0.3 is 13.5 Å². The molecule has 42 heavy (non-hydrogen) atoms. The van der Waals surface area contributed by atoms with E-state index < -0.39 is 19.5 Å². The lowest BCUT2D eigenvalue weighted by Gasteiger charge is -2.24. The second-order valence-electron chi connectivity index (χ2n) is 11.1. The topological polar surface area (TPSA) is 113 Å². The maximum absolute atomic E-state index is 14.1. The van der Waals surface area contributed by atoms with E-state index in [-0.39, 0.29) is 30.9 Å². The largest absolute Gasteiger partial charge is 0.508 e. The number of hydrogen-bond acceptors (Lipinski definition) is 8. The zero-order valence-corrected chi connectivity index (χ0v) is 26.1. The van der Waals surface area contributed by atoms with Crippen molar-refractivity contribution < 1.29 is 37.9 Å². The molecule has 9 nitrogen and oxygen atoms in total. The van der Waals surface area contributed by atoms with Crippen LogP contribution >= 0.6 is 7.52 Å². The number of hydrogen-bond donors (Lipinski definition) is 2. The number of rotatable bonds is 12. The maximum Gasteiger partial charge on any atom is 0.354 e. The van der Waals surface area contributed by atoms with Gasteiger partial charge in [0.1, 0.15) is 23.3 Å². The van der Waals surface area contributed by atoms with Crippen molar-refractivity contribution in [1.82, 2.24) is 5.09 Å². The van der Waals surface area contributed by atoms with Gasteiger partial charge < -0.3 is 28.6 Å². The SMILES string of the molecule is Cc1cc(OCP(=O)(N[C@H](C)C(=O)OC(C)C)Oc2ccc3c(c2)OCO3)cc(C)c1Cc1ccc(O)c(C(C)C)c1. The van der Waals surface area contributed by atoms with Gasteiger partial charge in [0.15, 0.2) is 17.8 Å². The van der Waals surface area contributed by atoms with Crippen LogP contribution in [0.1, 0.15) is 68.4 Å². The first kappa shape index (κ1) is 31.3. The Labute approximate surface area is 247 Å². The zero-order valence-electron chi connectivity index (χ0n) is 25.2. The molecule has 0 saturated heterocycles. The molecule has 1 aliphatic rings. The number of benzene rings is 3. The number of nitrogens with one attached hydrogen (secondary N) is 1. The van der Waals surface area contributed by atoms with Crippen molar-refractivity contribution >= 4 is 13.5 Å². The molecule has 1 unspecified atom stereocenters. The molecule has 1 aliphatic heterocycles. The van der Waals surface area contributed by atoms with Gasteiger partial charge in [0, 0.05) is 6.07 Å². The van der Waals surface area contributed by atoms with E-state index >= 15 is 0 Å². The average molecular weight is 598 g/mol. The number of aromatic hydroxyl groups is 1. The molecule has 2 N–H and O–H groups in total. The number of ether oxygens (including phenoxy) is 4. The lowest BCUT2D eigenvalue weighted by molar-refractivity contribution is -0.149. The first-order valence-corrected chi connectivity index (χ1v) is 15.9. The van der Waals surface area contributed by atoms with Gasteiger partial charge in [-0.15, -0.1) is 0 Å². The van der Waals surface area contributed by atoms with Crippen LogP contribution in [0.15, 0.2) is 48.5 Å². The van der Waals surface area contributed by atoms with Gasteiger partial charge in [-0.25, -0.2) is 5.09 Å². The molecule has 10 heteroatoms. The van der Waals surface area contributed by atoms with Gasteiger partial charge in [-0.05, 0) is 105 Å².